The fourth-order valence-corrected chi connectivity index (χ4v) is 3.25. The van der Waals surface area contributed by atoms with Crippen molar-refractivity contribution in [3.63, 3.8) is 0 Å². The largest absolute Gasteiger partial charge is 0.334 e. The summed E-state index contributed by atoms with van der Waals surface area (Å²) in [5, 5.41) is 0. The maximum absolute atomic E-state index is 4.53. The van der Waals surface area contributed by atoms with E-state index in [0.29, 0.717) is 6.04 Å². The van der Waals surface area contributed by atoms with Crippen LogP contribution in [0.1, 0.15) is 31.8 Å². The van der Waals surface area contributed by atoms with Crippen LogP contribution >= 0.6 is 0 Å². The van der Waals surface area contributed by atoms with Crippen LogP contribution in [-0.4, -0.2) is 50.6 Å². The minimum absolute atomic E-state index is 0.688. The summed E-state index contributed by atoms with van der Waals surface area (Å²) in [6.07, 6.45) is 3.36. The van der Waals surface area contributed by atoms with Gasteiger partial charge < -0.3 is 4.57 Å². The summed E-state index contributed by atoms with van der Waals surface area (Å²) in [5.41, 5.74) is 1.25. The van der Waals surface area contributed by atoms with Gasteiger partial charge in [0.05, 0.1) is 6.54 Å². The number of nitrogens with zero attached hydrogens (tertiary/aromatic N) is 4. The monoisotopic (exact) mass is 248 g/mol. The van der Waals surface area contributed by atoms with Gasteiger partial charge in [0.1, 0.15) is 5.82 Å². The second-order valence-electron chi connectivity index (χ2n) is 6.14. The molecule has 0 aromatic carbocycles. The highest BCUT2D eigenvalue weighted by atomic mass is 15.4. The van der Waals surface area contributed by atoms with Crippen LogP contribution in [0, 0.1) is 6.92 Å². The summed E-state index contributed by atoms with van der Waals surface area (Å²) in [7, 11) is 2.12. The Balaban J connectivity index is 1.65. The highest BCUT2D eigenvalue weighted by molar-refractivity contribution is 5.07. The average molecular weight is 248 g/mol. The van der Waals surface area contributed by atoms with Gasteiger partial charge in [-0.25, -0.2) is 4.98 Å². The van der Waals surface area contributed by atoms with E-state index < -0.39 is 0 Å². The number of aromatic nitrogens is 2. The average Bonchev–Trinajstić information content (AvgIpc) is 2.67. The number of hydrogen-bond donors (Lipinski definition) is 0. The van der Waals surface area contributed by atoms with Crippen LogP contribution in [0.2, 0.25) is 0 Å². The number of piperidine rings is 1. The molecule has 2 fully saturated rings. The molecule has 2 bridgehead atoms. The number of fused-ring (bicyclic) bond motifs is 2. The van der Waals surface area contributed by atoms with Gasteiger partial charge in [-0.05, 0) is 27.2 Å². The lowest BCUT2D eigenvalue weighted by atomic mass is 9.86. The first kappa shape index (κ1) is 12.2. The van der Waals surface area contributed by atoms with Crippen LogP contribution in [0.5, 0.6) is 0 Å². The first-order valence-electron chi connectivity index (χ1n) is 7.03. The number of piperazine rings is 1. The van der Waals surface area contributed by atoms with Crippen molar-refractivity contribution >= 4 is 0 Å². The summed E-state index contributed by atoms with van der Waals surface area (Å²) in [4.78, 5) is 9.78. The van der Waals surface area contributed by atoms with Crippen LogP contribution in [0.3, 0.4) is 0 Å². The summed E-state index contributed by atoms with van der Waals surface area (Å²) >= 11 is 0. The molecular formula is C14H24N4. The molecule has 3 rings (SSSR count). The maximum atomic E-state index is 4.53. The number of likely N-dealkylation sites (tertiary alicyclic amines) is 2. The molecule has 2 atom stereocenters. The standard InChI is InChI=1S/C14H24N4/c1-10(2)17-7-12-5-13(8-17)18(12)9-14-15-6-11(3)16(14)4/h6,10,12-13H,5,7-9H2,1-4H3. The van der Waals surface area contributed by atoms with E-state index in [0.717, 1.165) is 18.6 Å². The van der Waals surface area contributed by atoms with Gasteiger partial charge in [0.15, 0.2) is 0 Å². The molecule has 3 heterocycles. The van der Waals surface area contributed by atoms with Crippen molar-refractivity contribution < 1.29 is 0 Å². The fourth-order valence-electron chi connectivity index (χ4n) is 3.25. The minimum atomic E-state index is 0.688. The number of aryl methyl sites for hydroxylation is 1. The summed E-state index contributed by atoms with van der Waals surface area (Å²) in [6, 6.07) is 2.19. The fraction of sp³-hybridized carbons (Fsp3) is 0.786. The second kappa shape index (κ2) is 4.35. The molecule has 1 aromatic rings. The van der Waals surface area contributed by atoms with Crippen LogP contribution in [0.15, 0.2) is 6.20 Å². The maximum Gasteiger partial charge on any atom is 0.122 e. The molecule has 0 saturated carbocycles. The topological polar surface area (TPSA) is 24.3 Å². The van der Waals surface area contributed by atoms with Crippen LogP contribution < -0.4 is 0 Å². The number of imidazole rings is 1. The van der Waals surface area contributed by atoms with Crippen LogP contribution in [0.25, 0.3) is 0 Å². The van der Waals surface area contributed by atoms with Crippen LogP contribution in [0.4, 0.5) is 0 Å². The van der Waals surface area contributed by atoms with Gasteiger partial charge in [-0.2, -0.15) is 0 Å². The SMILES string of the molecule is Cc1cnc(CN2C3CC2CN(C(C)C)C3)n1C. The van der Waals surface area contributed by atoms with E-state index in [-0.39, 0.29) is 0 Å². The van der Waals surface area contributed by atoms with Gasteiger partial charge in [0.2, 0.25) is 0 Å². The number of rotatable bonds is 3. The Bertz CT molecular complexity index is 425. The van der Waals surface area contributed by atoms with Crippen molar-refractivity contribution in [2.75, 3.05) is 13.1 Å². The second-order valence-corrected chi connectivity index (χ2v) is 6.14. The normalized spacial score (nSPS) is 28.7. The Labute approximate surface area is 110 Å². The van der Waals surface area contributed by atoms with Gasteiger partial charge in [0, 0.05) is 50.2 Å². The zero-order valence-corrected chi connectivity index (χ0v) is 11.9. The number of hydrogen-bond acceptors (Lipinski definition) is 3. The third-order valence-electron chi connectivity index (χ3n) is 4.74. The molecule has 2 saturated heterocycles. The van der Waals surface area contributed by atoms with Gasteiger partial charge in [-0.1, -0.05) is 0 Å². The Hall–Kier alpha value is -0.870. The molecule has 1 aromatic heterocycles. The molecule has 100 valence electrons. The highest BCUT2D eigenvalue weighted by Gasteiger charge is 2.45. The predicted molar refractivity (Wildman–Crippen MR) is 72.4 cm³/mol. The first-order chi connectivity index (χ1) is 8.56. The Kier molecular flexibility index (Phi) is 2.94. The van der Waals surface area contributed by atoms with Gasteiger partial charge in [-0.15, -0.1) is 0 Å². The third kappa shape index (κ3) is 1.88. The van der Waals surface area contributed by atoms with E-state index >= 15 is 0 Å². The Morgan fingerprint density at radius 3 is 2.50 bits per heavy atom. The van der Waals surface area contributed by atoms with Crippen molar-refractivity contribution in [2.24, 2.45) is 7.05 Å². The van der Waals surface area contributed by atoms with Crippen LogP contribution in [-0.2, 0) is 13.6 Å². The predicted octanol–water partition coefficient (Wildman–Crippen LogP) is 1.40. The van der Waals surface area contributed by atoms with Crippen molar-refractivity contribution in [3.05, 3.63) is 17.7 Å². The van der Waals surface area contributed by atoms with E-state index in [1.807, 2.05) is 6.20 Å². The van der Waals surface area contributed by atoms with Crippen molar-refractivity contribution in [1.29, 1.82) is 0 Å². The summed E-state index contributed by atoms with van der Waals surface area (Å²) in [5.74, 6) is 1.21. The molecule has 18 heavy (non-hydrogen) atoms. The highest BCUT2D eigenvalue weighted by Crippen LogP contribution is 2.34. The quantitative estimate of drug-likeness (QED) is 0.808. The Morgan fingerprint density at radius 2 is 2.00 bits per heavy atom. The van der Waals surface area contributed by atoms with Crippen molar-refractivity contribution in [1.82, 2.24) is 19.4 Å². The molecule has 2 aliphatic rings. The zero-order valence-electron chi connectivity index (χ0n) is 11.9. The molecule has 0 spiro atoms. The molecule has 4 nitrogen and oxygen atoms in total. The molecule has 0 aliphatic carbocycles. The molecule has 2 aliphatic heterocycles. The molecule has 0 radical (unpaired) electrons. The van der Waals surface area contributed by atoms with Crippen molar-refractivity contribution in [2.45, 2.75) is 51.9 Å². The molecule has 0 amide bonds. The van der Waals surface area contributed by atoms with E-state index in [4.69, 9.17) is 0 Å². The third-order valence-corrected chi connectivity index (χ3v) is 4.74. The summed E-state index contributed by atoms with van der Waals surface area (Å²) < 4.78 is 2.22. The van der Waals surface area contributed by atoms with E-state index in [1.165, 1.54) is 31.0 Å². The van der Waals surface area contributed by atoms with Gasteiger partial charge >= 0.3 is 0 Å². The molecule has 0 N–H and O–H groups in total. The lowest BCUT2D eigenvalue weighted by Gasteiger charge is -2.57. The lowest BCUT2D eigenvalue weighted by molar-refractivity contribution is -0.0851. The minimum Gasteiger partial charge on any atom is -0.334 e. The van der Waals surface area contributed by atoms with E-state index in [9.17, 15) is 0 Å². The van der Waals surface area contributed by atoms with Crippen molar-refractivity contribution in [3.8, 4) is 0 Å². The van der Waals surface area contributed by atoms with Gasteiger partial charge in [0.25, 0.3) is 0 Å². The molecule has 4 heteroatoms. The van der Waals surface area contributed by atoms with E-state index in [2.05, 4.69) is 47.2 Å². The molecule has 2 unspecified atom stereocenters. The molecular weight excluding hydrogens is 224 g/mol. The first-order valence-corrected chi connectivity index (χ1v) is 7.03. The van der Waals surface area contributed by atoms with Gasteiger partial charge in [-0.3, -0.25) is 9.80 Å². The Morgan fingerprint density at radius 1 is 1.33 bits per heavy atom. The zero-order chi connectivity index (χ0) is 12.9. The van der Waals surface area contributed by atoms with E-state index in [1.54, 1.807) is 0 Å². The lowest BCUT2D eigenvalue weighted by Crippen LogP contribution is -2.69. The summed E-state index contributed by atoms with van der Waals surface area (Å²) in [6.45, 7) is 10.2. The smallest absolute Gasteiger partial charge is 0.122 e.